The molecule has 1 aliphatic carbocycles. The number of benzene rings is 1. The fourth-order valence-electron chi connectivity index (χ4n) is 2.82. The first-order valence-electron chi connectivity index (χ1n) is 6.98. The van der Waals surface area contributed by atoms with Gasteiger partial charge in [0.2, 0.25) is 10.0 Å². The van der Waals surface area contributed by atoms with Crippen molar-refractivity contribution < 1.29 is 8.42 Å². The Morgan fingerprint density at radius 3 is 2.60 bits per heavy atom. The van der Waals surface area contributed by atoms with Crippen molar-refractivity contribution in [2.45, 2.75) is 44.0 Å². The molecule has 0 amide bonds. The summed E-state index contributed by atoms with van der Waals surface area (Å²) in [4.78, 5) is 0.0886. The molecule has 0 aliphatic heterocycles. The molecule has 1 aliphatic rings. The van der Waals surface area contributed by atoms with Gasteiger partial charge in [0, 0.05) is 6.04 Å². The van der Waals surface area contributed by atoms with Gasteiger partial charge in [-0.2, -0.15) is 0 Å². The van der Waals surface area contributed by atoms with Crippen molar-refractivity contribution in [3.63, 3.8) is 0 Å². The Bertz CT molecular complexity index is 586. The Morgan fingerprint density at radius 1 is 1.25 bits per heavy atom. The van der Waals surface area contributed by atoms with E-state index in [1.165, 1.54) is 25.0 Å². The van der Waals surface area contributed by atoms with Crippen LogP contribution in [0.5, 0.6) is 0 Å². The zero-order chi connectivity index (χ0) is 14.9. The SMILES string of the molecule is CC1CCCC(Nc2cc(S(N)(=O)=O)ccc2N)C1C. The highest BCUT2D eigenvalue weighted by Crippen LogP contribution is 2.33. The summed E-state index contributed by atoms with van der Waals surface area (Å²) in [5, 5.41) is 8.56. The molecule has 6 heteroatoms. The number of primary sulfonamides is 1. The molecule has 0 aromatic heterocycles. The van der Waals surface area contributed by atoms with Crippen LogP contribution in [0.15, 0.2) is 23.1 Å². The molecule has 3 atom stereocenters. The van der Waals surface area contributed by atoms with Gasteiger partial charge in [-0.15, -0.1) is 0 Å². The van der Waals surface area contributed by atoms with Gasteiger partial charge < -0.3 is 11.1 Å². The van der Waals surface area contributed by atoms with Crippen molar-refractivity contribution in [3.05, 3.63) is 18.2 Å². The van der Waals surface area contributed by atoms with Crippen LogP contribution in [0.1, 0.15) is 33.1 Å². The van der Waals surface area contributed by atoms with Crippen molar-refractivity contribution in [3.8, 4) is 0 Å². The molecule has 1 aromatic carbocycles. The maximum absolute atomic E-state index is 11.4. The molecule has 1 fully saturated rings. The quantitative estimate of drug-likeness (QED) is 0.744. The van der Waals surface area contributed by atoms with Gasteiger partial charge >= 0.3 is 0 Å². The second-order valence-corrected chi connectivity index (χ2v) is 7.37. The van der Waals surface area contributed by atoms with Crippen molar-refractivity contribution in [1.29, 1.82) is 0 Å². The number of nitrogens with one attached hydrogen (secondary N) is 1. The van der Waals surface area contributed by atoms with Crippen LogP contribution in [0, 0.1) is 11.8 Å². The van der Waals surface area contributed by atoms with Crippen molar-refractivity contribution >= 4 is 21.4 Å². The van der Waals surface area contributed by atoms with Crippen LogP contribution in [0.4, 0.5) is 11.4 Å². The van der Waals surface area contributed by atoms with E-state index in [-0.39, 0.29) is 4.90 Å². The molecular formula is C14H23N3O2S. The summed E-state index contributed by atoms with van der Waals surface area (Å²) in [6, 6.07) is 4.86. The van der Waals surface area contributed by atoms with E-state index in [2.05, 4.69) is 19.2 Å². The lowest BCUT2D eigenvalue weighted by Crippen LogP contribution is -2.35. The zero-order valence-electron chi connectivity index (χ0n) is 12.0. The highest BCUT2D eigenvalue weighted by Gasteiger charge is 2.27. The second kappa shape index (κ2) is 5.61. The van der Waals surface area contributed by atoms with E-state index < -0.39 is 10.0 Å². The largest absolute Gasteiger partial charge is 0.397 e. The zero-order valence-corrected chi connectivity index (χ0v) is 12.8. The summed E-state index contributed by atoms with van der Waals surface area (Å²) in [6.07, 6.45) is 3.49. The molecule has 3 unspecified atom stereocenters. The monoisotopic (exact) mass is 297 g/mol. The Hall–Kier alpha value is -1.27. The molecule has 0 radical (unpaired) electrons. The molecule has 1 saturated carbocycles. The predicted octanol–water partition coefficient (Wildman–Crippen LogP) is 2.15. The topological polar surface area (TPSA) is 98.2 Å². The molecule has 1 aromatic rings. The van der Waals surface area contributed by atoms with E-state index in [4.69, 9.17) is 10.9 Å². The standard InChI is InChI=1S/C14H23N3O2S/c1-9-4-3-5-13(10(9)2)17-14-8-11(20(16,18)19)6-7-12(14)15/h6-10,13,17H,3-5,15H2,1-2H3,(H2,16,18,19). The van der Waals surface area contributed by atoms with Gasteiger partial charge in [0.05, 0.1) is 16.3 Å². The van der Waals surface area contributed by atoms with Crippen molar-refractivity contribution in [1.82, 2.24) is 0 Å². The molecule has 5 N–H and O–H groups in total. The van der Waals surface area contributed by atoms with Crippen molar-refractivity contribution in [2.75, 3.05) is 11.1 Å². The van der Waals surface area contributed by atoms with Gasteiger partial charge in [-0.25, -0.2) is 13.6 Å². The van der Waals surface area contributed by atoms with Crippen LogP contribution < -0.4 is 16.2 Å². The fourth-order valence-corrected chi connectivity index (χ4v) is 3.36. The number of anilines is 2. The number of sulfonamides is 1. The highest BCUT2D eigenvalue weighted by molar-refractivity contribution is 7.89. The number of nitrogens with two attached hydrogens (primary N) is 2. The van der Waals surface area contributed by atoms with Crippen LogP contribution in [0.2, 0.25) is 0 Å². The van der Waals surface area contributed by atoms with Crippen LogP contribution in [-0.2, 0) is 10.0 Å². The van der Waals surface area contributed by atoms with Gasteiger partial charge in [-0.05, 0) is 36.5 Å². The molecule has 20 heavy (non-hydrogen) atoms. The molecule has 0 bridgehead atoms. The summed E-state index contributed by atoms with van der Waals surface area (Å²) in [5.41, 5.74) is 7.13. The third-order valence-corrected chi connectivity index (χ3v) is 5.31. The third-order valence-electron chi connectivity index (χ3n) is 4.40. The number of rotatable bonds is 3. The first kappa shape index (κ1) is 15.1. The van der Waals surface area contributed by atoms with Crippen LogP contribution >= 0.6 is 0 Å². The average molecular weight is 297 g/mol. The van der Waals surface area contributed by atoms with E-state index in [0.29, 0.717) is 29.3 Å². The fraction of sp³-hybridized carbons (Fsp3) is 0.571. The first-order chi connectivity index (χ1) is 9.29. The lowest BCUT2D eigenvalue weighted by Gasteiger charge is -2.35. The Balaban J connectivity index is 2.24. The van der Waals surface area contributed by atoms with Gasteiger partial charge in [-0.3, -0.25) is 0 Å². The summed E-state index contributed by atoms with van der Waals surface area (Å²) in [7, 11) is -3.70. The minimum Gasteiger partial charge on any atom is -0.397 e. The average Bonchev–Trinajstić information content (AvgIpc) is 2.36. The maximum atomic E-state index is 11.4. The van der Waals surface area contributed by atoms with Gasteiger partial charge in [0.1, 0.15) is 0 Å². The van der Waals surface area contributed by atoms with Crippen LogP contribution in [-0.4, -0.2) is 14.5 Å². The maximum Gasteiger partial charge on any atom is 0.238 e. The van der Waals surface area contributed by atoms with E-state index in [9.17, 15) is 8.42 Å². The number of hydrogen-bond acceptors (Lipinski definition) is 4. The smallest absolute Gasteiger partial charge is 0.238 e. The van der Waals surface area contributed by atoms with E-state index in [0.717, 1.165) is 6.42 Å². The first-order valence-corrected chi connectivity index (χ1v) is 8.52. The normalized spacial score (nSPS) is 27.2. The lowest BCUT2D eigenvalue weighted by atomic mass is 9.78. The highest BCUT2D eigenvalue weighted by atomic mass is 32.2. The summed E-state index contributed by atoms with van der Waals surface area (Å²) >= 11 is 0. The molecule has 0 saturated heterocycles. The third kappa shape index (κ3) is 3.24. The minimum absolute atomic E-state index is 0.0886. The number of nitrogen functional groups attached to an aromatic ring is 1. The number of hydrogen-bond donors (Lipinski definition) is 3. The Kier molecular flexibility index (Phi) is 4.25. The lowest BCUT2D eigenvalue weighted by molar-refractivity contribution is 0.253. The van der Waals surface area contributed by atoms with Gasteiger partial charge in [-0.1, -0.05) is 26.7 Å². The van der Waals surface area contributed by atoms with E-state index in [1.54, 1.807) is 6.07 Å². The summed E-state index contributed by atoms with van der Waals surface area (Å²) in [6.45, 7) is 4.48. The molecule has 112 valence electrons. The Labute approximate surface area is 120 Å². The van der Waals surface area contributed by atoms with Gasteiger partial charge in [0.15, 0.2) is 0 Å². The van der Waals surface area contributed by atoms with E-state index in [1.807, 2.05) is 0 Å². The van der Waals surface area contributed by atoms with Gasteiger partial charge in [0.25, 0.3) is 0 Å². The summed E-state index contributed by atoms with van der Waals surface area (Å²) in [5.74, 6) is 1.19. The molecular weight excluding hydrogens is 274 g/mol. The van der Waals surface area contributed by atoms with E-state index >= 15 is 0 Å². The molecule has 5 nitrogen and oxygen atoms in total. The van der Waals surface area contributed by atoms with Crippen LogP contribution in [0.25, 0.3) is 0 Å². The van der Waals surface area contributed by atoms with Crippen molar-refractivity contribution in [2.24, 2.45) is 17.0 Å². The molecule has 0 spiro atoms. The van der Waals surface area contributed by atoms with Crippen LogP contribution in [0.3, 0.4) is 0 Å². The molecule has 2 rings (SSSR count). The minimum atomic E-state index is -3.70. The molecule has 0 heterocycles. The predicted molar refractivity (Wildman–Crippen MR) is 81.8 cm³/mol. The summed E-state index contributed by atoms with van der Waals surface area (Å²) < 4.78 is 22.8. The second-order valence-electron chi connectivity index (χ2n) is 5.81. The Morgan fingerprint density at radius 2 is 1.95 bits per heavy atom.